The molecule has 9 nitrogen and oxygen atoms in total. The number of amides is 2. The fraction of sp³-hybridized carbons (Fsp3) is 0.0417. The number of carbonyl (C=O) groups is 2. The molecule has 0 aliphatic carbocycles. The van der Waals surface area contributed by atoms with Gasteiger partial charge in [-0.25, -0.2) is 13.6 Å². The zero-order chi connectivity index (χ0) is 27.6. The van der Waals surface area contributed by atoms with Crippen molar-refractivity contribution in [2.75, 3.05) is 16.8 Å². The van der Waals surface area contributed by atoms with Gasteiger partial charge in [0.25, 0.3) is 11.8 Å². The average molecular weight is 612 g/mol. The number of benzene rings is 3. The van der Waals surface area contributed by atoms with Gasteiger partial charge in [-0.2, -0.15) is 0 Å². The van der Waals surface area contributed by atoms with Crippen LogP contribution in [0, 0.1) is 5.41 Å². The number of sulfonamides is 1. The minimum Gasteiger partial charge on any atom is -0.483 e. The predicted octanol–water partition coefficient (Wildman–Crippen LogP) is 5.37. The van der Waals surface area contributed by atoms with Gasteiger partial charge in [0.15, 0.2) is 11.8 Å². The molecule has 1 fully saturated rings. The van der Waals surface area contributed by atoms with Crippen molar-refractivity contribution in [3.63, 3.8) is 0 Å². The first-order chi connectivity index (χ1) is 17.9. The lowest BCUT2D eigenvalue weighted by atomic mass is 10.1. The van der Waals surface area contributed by atoms with Crippen molar-refractivity contribution in [1.29, 1.82) is 5.41 Å². The molecule has 3 aromatic rings. The number of halogens is 3. The van der Waals surface area contributed by atoms with E-state index in [2.05, 4.69) is 5.32 Å². The molecule has 4 rings (SSSR count). The van der Waals surface area contributed by atoms with E-state index in [0.717, 1.165) is 11.8 Å². The number of nitrogens with two attached hydrogens (primary N) is 1. The topological polar surface area (TPSA) is 143 Å². The van der Waals surface area contributed by atoms with Crippen LogP contribution in [-0.4, -0.2) is 32.0 Å². The fourth-order valence-corrected chi connectivity index (χ4v) is 5.16. The molecule has 0 atom stereocenters. The van der Waals surface area contributed by atoms with E-state index in [9.17, 15) is 18.0 Å². The molecular formula is C24H17Cl3N4O5S2. The monoisotopic (exact) mass is 610 g/mol. The number of amidine groups is 1. The van der Waals surface area contributed by atoms with E-state index in [4.69, 9.17) is 50.1 Å². The average Bonchev–Trinajstić information content (AvgIpc) is 3.12. The molecule has 2 amide bonds. The lowest BCUT2D eigenvalue weighted by molar-refractivity contribution is -0.118. The molecule has 0 spiro atoms. The largest absolute Gasteiger partial charge is 0.483 e. The summed E-state index contributed by atoms with van der Waals surface area (Å²) < 4.78 is 28.4. The van der Waals surface area contributed by atoms with E-state index < -0.39 is 21.8 Å². The molecule has 14 heteroatoms. The highest BCUT2D eigenvalue weighted by Gasteiger charge is 2.34. The molecule has 38 heavy (non-hydrogen) atoms. The molecule has 196 valence electrons. The van der Waals surface area contributed by atoms with Crippen molar-refractivity contribution in [3.05, 3.63) is 86.2 Å². The van der Waals surface area contributed by atoms with Crippen LogP contribution in [0.25, 0.3) is 6.08 Å². The second-order valence-corrected chi connectivity index (χ2v) is 11.6. The Balaban J connectivity index is 1.49. The minimum absolute atomic E-state index is 0.0306. The van der Waals surface area contributed by atoms with Crippen molar-refractivity contribution < 1.29 is 22.7 Å². The number of thioether (sulfide) groups is 1. The highest BCUT2D eigenvalue weighted by molar-refractivity contribution is 8.19. The summed E-state index contributed by atoms with van der Waals surface area (Å²) in [7, 11) is -3.85. The van der Waals surface area contributed by atoms with Crippen LogP contribution >= 0.6 is 46.6 Å². The van der Waals surface area contributed by atoms with Crippen LogP contribution in [-0.2, 0) is 19.6 Å². The van der Waals surface area contributed by atoms with Gasteiger partial charge in [-0.05, 0) is 78.5 Å². The van der Waals surface area contributed by atoms with Crippen LogP contribution in [0.3, 0.4) is 0 Å². The van der Waals surface area contributed by atoms with E-state index in [1.165, 1.54) is 47.4 Å². The Bertz CT molecular complexity index is 1600. The van der Waals surface area contributed by atoms with E-state index in [0.29, 0.717) is 27.0 Å². The number of hydrogen-bond acceptors (Lipinski definition) is 7. The normalized spacial score (nSPS) is 14.7. The number of anilines is 2. The number of nitrogens with zero attached hydrogens (tertiary/aromatic N) is 1. The van der Waals surface area contributed by atoms with Gasteiger partial charge in [0.1, 0.15) is 5.75 Å². The van der Waals surface area contributed by atoms with Crippen molar-refractivity contribution in [2.45, 2.75) is 4.90 Å². The molecule has 1 heterocycles. The summed E-state index contributed by atoms with van der Waals surface area (Å²) in [6, 6.07) is 14.6. The third-order valence-corrected chi connectivity index (χ3v) is 7.86. The van der Waals surface area contributed by atoms with Crippen LogP contribution in [0.4, 0.5) is 11.4 Å². The highest BCUT2D eigenvalue weighted by Crippen LogP contribution is 2.38. The number of hydrogen-bond donors (Lipinski definition) is 3. The van der Waals surface area contributed by atoms with Gasteiger partial charge in [0.05, 0.1) is 25.5 Å². The van der Waals surface area contributed by atoms with Crippen LogP contribution in [0.2, 0.25) is 15.1 Å². The molecular weight excluding hydrogens is 595 g/mol. The lowest BCUT2D eigenvalue weighted by Gasteiger charge is -2.15. The van der Waals surface area contributed by atoms with Crippen molar-refractivity contribution in [1.82, 2.24) is 0 Å². The Hall–Kier alpha value is -3.06. The maximum atomic E-state index is 13.1. The van der Waals surface area contributed by atoms with Crippen LogP contribution < -0.4 is 20.1 Å². The summed E-state index contributed by atoms with van der Waals surface area (Å²) in [5, 5.41) is 16.8. The first-order valence-electron chi connectivity index (χ1n) is 10.5. The van der Waals surface area contributed by atoms with Gasteiger partial charge >= 0.3 is 0 Å². The molecule has 0 unspecified atom stereocenters. The molecule has 4 N–H and O–H groups in total. The second-order valence-electron chi connectivity index (χ2n) is 7.74. The molecule has 0 radical (unpaired) electrons. The fourth-order valence-electron chi connectivity index (χ4n) is 3.32. The zero-order valence-electron chi connectivity index (χ0n) is 19.1. The summed E-state index contributed by atoms with van der Waals surface area (Å²) >= 11 is 19.1. The summed E-state index contributed by atoms with van der Waals surface area (Å²) in [6.07, 6.45) is 1.52. The first kappa shape index (κ1) is 28.0. The number of primary sulfonamides is 1. The second kappa shape index (κ2) is 11.4. The third-order valence-electron chi connectivity index (χ3n) is 5.07. The van der Waals surface area contributed by atoms with E-state index in [-0.39, 0.29) is 32.3 Å². The van der Waals surface area contributed by atoms with Gasteiger partial charge in [0, 0.05) is 16.3 Å². The molecule has 3 aromatic carbocycles. The van der Waals surface area contributed by atoms with E-state index >= 15 is 0 Å². The highest BCUT2D eigenvalue weighted by atomic mass is 35.5. The minimum atomic E-state index is -3.85. The summed E-state index contributed by atoms with van der Waals surface area (Å²) in [5.74, 6) is -0.694. The van der Waals surface area contributed by atoms with E-state index in [1.807, 2.05) is 0 Å². The summed E-state index contributed by atoms with van der Waals surface area (Å²) in [5.41, 5.74) is 1.15. The smallest absolute Gasteiger partial charge is 0.271 e. The van der Waals surface area contributed by atoms with Crippen molar-refractivity contribution >= 4 is 91.0 Å². The van der Waals surface area contributed by atoms with Crippen LogP contribution in [0.1, 0.15) is 5.56 Å². The van der Waals surface area contributed by atoms with Gasteiger partial charge in [-0.3, -0.25) is 19.9 Å². The van der Waals surface area contributed by atoms with Crippen molar-refractivity contribution in [2.24, 2.45) is 5.14 Å². The Morgan fingerprint density at radius 2 is 1.76 bits per heavy atom. The molecule has 0 aromatic heterocycles. The maximum absolute atomic E-state index is 13.1. The molecule has 1 saturated heterocycles. The lowest BCUT2D eigenvalue weighted by Crippen LogP contribution is -2.28. The molecule has 0 bridgehead atoms. The van der Waals surface area contributed by atoms with Gasteiger partial charge in [0.2, 0.25) is 10.0 Å². The SMILES string of the molecule is N=C1S/C(=C\c2cc(Cl)ccc2OCC(=O)Nc2ccc(S(N)(=O)=O)cc2)C(=O)N1c1ccc(Cl)c(Cl)c1. The summed E-state index contributed by atoms with van der Waals surface area (Å²) in [4.78, 5) is 26.8. The van der Waals surface area contributed by atoms with Crippen molar-refractivity contribution in [3.8, 4) is 5.75 Å². The zero-order valence-corrected chi connectivity index (χ0v) is 23.0. The predicted molar refractivity (Wildman–Crippen MR) is 151 cm³/mol. The summed E-state index contributed by atoms with van der Waals surface area (Å²) in [6.45, 7) is -0.388. The van der Waals surface area contributed by atoms with E-state index in [1.54, 1.807) is 24.3 Å². The number of ether oxygens (including phenoxy) is 1. The number of nitrogens with one attached hydrogen (secondary N) is 2. The Morgan fingerprint density at radius 1 is 1.05 bits per heavy atom. The van der Waals surface area contributed by atoms with Gasteiger partial charge in [-0.15, -0.1) is 0 Å². The number of carbonyl (C=O) groups excluding carboxylic acids is 2. The third kappa shape index (κ3) is 6.49. The Kier molecular flexibility index (Phi) is 8.36. The Labute approximate surface area is 237 Å². The van der Waals surface area contributed by atoms with Crippen LogP contribution in [0.5, 0.6) is 5.75 Å². The molecule has 0 saturated carbocycles. The van der Waals surface area contributed by atoms with Gasteiger partial charge < -0.3 is 10.1 Å². The van der Waals surface area contributed by atoms with Gasteiger partial charge in [-0.1, -0.05) is 34.8 Å². The standard InChI is InChI=1S/C24H17Cl3N4O5S2/c25-14-1-8-20(36-12-22(32)30-15-2-5-17(6-3-15)38(29,34)35)13(9-14)10-21-23(33)31(24(28)37-21)16-4-7-18(26)19(27)11-16/h1-11,28H,12H2,(H,30,32)(H2,29,34,35)/b21-10-,28-24?. The Morgan fingerprint density at radius 3 is 2.42 bits per heavy atom. The quantitative estimate of drug-likeness (QED) is 0.307. The first-order valence-corrected chi connectivity index (χ1v) is 14.0. The molecule has 1 aliphatic heterocycles. The maximum Gasteiger partial charge on any atom is 0.271 e. The number of rotatable bonds is 7. The van der Waals surface area contributed by atoms with Crippen LogP contribution in [0.15, 0.2) is 70.5 Å². The molecule has 1 aliphatic rings.